The van der Waals surface area contributed by atoms with Crippen LogP contribution in [0, 0.1) is 11.6 Å². The van der Waals surface area contributed by atoms with Crippen LogP contribution in [-0.2, 0) is 23.8 Å². The van der Waals surface area contributed by atoms with E-state index >= 15 is 8.78 Å². The molecule has 42 heavy (non-hydrogen) atoms. The van der Waals surface area contributed by atoms with E-state index in [1.165, 1.54) is 80.7 Å². The average Bonchev–Trinajstić information content (AvgIpc) is 3.62. The molecule has 16 heteroatoms. The standard InChI is InChI=1S/C26H26F2N8O5S/c1-32(2)42(38,39)36-9-8-29-22(36)14-34(25-23(27)20(40-4)11-21(41-5)24(25)28)16-6-7-19-18(10-16)26(37)35(15-30-19)17-12-31-33(3)13-17/h6-13,15H,14H2,1-5H3. The van der Waals surface area contributed by atoms with Gasteiger partial charge in [0.05, 0.1) is 43.6 Å². The van der Waals surface area contributed by atoms with E-state index < -0.39 is 39.6 Å². The number of aromatic nitrogens is 6. The Morgan fingerprint density at radius 1 is 1.02 bits per heavy atom. The second-order valence-corrected chi connectivity index (χ2v) is 11.3. The molecule has 2 aromatic carbocycles. The van der Waals surface area contributed by atoms with Crippen molar-refractivity contribution in [2.75, 3.05) is 33.2 Å². The maximum absolute atomic E-state index is 15.9. The Hall–Kier alpha value is -4.83. The van der Waals surface area contributed by atoms with Crippen molar-refractivity contribution in [2.24, 2.45) is 7.05 Å². The normalized spacial score (nSPS) is 11.8. The van der Waals surface area contributed by atoms with Crippen molar-refractivity contribution >= 4 is 32.5 Å². The number of ether oxygens (including phenoxy) is 2. The molecule has 5 rings (SSSR count). The molecule has 0 amide bonds. The SMILES string of the molecule is COc1cc(OC)c(F)c(N(Cc2nccn2S(=O)(=O)N(C)C)c2ccc3ncn(-c4cnn(C)c4)c(=O)c3c2)c1F. The lowest BCUT2D eigenvalue weighted by atomic mass is 10.1. The molecule has 0 saturated heterocycles. The van der Waals surface area contributed by atoms with Crippen LogP contribution in [0.1, 0.15) is 5.82 Å². The van der Waals surface area contributed by atoms with Gasteiger partial charge in [-0.25, -0.2) is 22.7 Å². The quantitative estimate of drug-likeness (QED) is 0.251. The van der Waals surface area contributed by atoms with Gasteiger partial charge in [0, 0.05) is 51.5 Å². The number of halogens is 2. The number of methoxy groups -OCH3 is 2. The first kappa shape index (κ1) is 28.7. The number of fused-ring (bicyclic) bond motifs is 1. The molecule has 0 saturated carbocycles. The summed E-state index contributed by atoms with van der Waals surface area (Å²) < 4.78 is 72.6. The van der Waals surface area contributed by atoms with Crippen LogP contribution in [0.3, 0.4) is 0 Å². The molecule has 0 spiro atoms. The highest BCUT2D eigenvalue weighted by molar-refractivity contribution is 7.87. The van der Waals surface area contributed by atoms with Crippen LogP contribution >= 0.6 is 0 Å². The van der Waals surface area contributed by atoms with Gasteiger partial charge >= 0.3 is 10.2 Å². The number of rotatable bonds is 9. The maximum Gasteiger partial charge on any atom is 0.308 e. The van der Waals surface area contributed by atoms with E-state index in [9.17, 15) is 13.2 Å². The van der Waals surface area contributed by atoms with Crippen molar-refractivity contribution in [2.45, 2.75) is 6.54 Å². The number of hydrogen-bond donors (Lipinski definition) is 0. The molecule has 5 aromatic rings. The molecule has 0 aliphatic carbocycles. The predicted octanol–water partition coefficient (Wildman–Crippen LogP) is 2.60. The number of nitrogens with zero attached hydrogens (tertiary/aromatic N) is 8. The van der Waals surface area contributed by atoms with E-state index in [0.29, 0.717) is 11.2 Å². The summed E-state index contributed by atoms with van der Waals surface area (Å²) in [5.74, 6) is -2.87. The zero-order valence-corrected chi connectivity index (χ0v) is 24.0. The smallest absolute Gasteiger partial charge is 0.308 e. The molecule has 0 N–H and O–H groups in total. The minimum absolute atomic E-state index is 0.0664. The van der Waals surface area contributed by atoms with Crippen molar-refractivity contribution in [1.82, 2.24) is 32.6 Å². The van der Waals surface area contributed by atoms with E-state index in [2.05, 4.69) is 15.1 Å². The molecule has 3 aromatic heterocycles. The van der Waals surface area contributed by atoms with Gasteiger partial charge in [-0.1, -0.05) is 0 Å². The summed E-state index contributed by atoms with van der Waals surface area (Å²) in [4.78, 5) is 23.2. The first-order valence-electron chi connectivity index (χ1n) is 12.3. The fourth-order valence-electron chi connectivity index (χ4n) is 4.36. The number of imidazole rings is 1. The number of hydrogen-bond acceptors (Lipinski definition) is 9. The molecule has 0 fully saturated rings. The Morgan fingerprint density at radius 3 is 2.31 bits per heavy atom. The summed E-state index contributed by atoms with van der Waals surface area (Å²) >= 11 is 0. The average molecular weight is 601 g/mol. The molecule has 0 unspecified atom stereocenters. The van der Waals surface area contributed by atoms with Crippen LogP contribution in [0.25, 0.3) is 16.6 Å². The highest BCUT2D eigenvalue weighted by Crippen LogP contribution is 2.41. The zero-order chi connectivity index (χ0) is 30.3. The van der Waals surface area contributed by atoms with Crippen molar-refractivity contribution in [1.29, 1.82) is 0 Å². The lowest BCUT2D eigenvalue weighted by molar-refractivity contribution is 0.358. The molecule has 0 bridgehead atoms. The van der Waals surface area contributed by atoms with Gasteiger partial charge < -0.3 is 14.4 Å². The van der Waals surface area contributed by atoms with Crippen molar-refractivity contribution in [3.05, 3.63) is 83.2 Å². The molecule has 13 nitrogen and oxygen atoms in total. The molecule has 0 aliphatic rings. The largest absolute Gasteiger partial charge is 0.493 e. The third-order valence-corrected chi connectivity index (χ3v) is 8.29. The first-order chi connectivity index (χ1) is 20.0. The lowest BCUT2D eigenvalue weighted by Gasteiger charge is -2.27. The van der Waals surface area contributed by atoms with E-state index in [-0.39, 0.29) is 28.4 Å². The van der Waals surface area contributed by atoms with Crippen LogP contribution in [0.5, 0.6) is 11.5 Å². The fourth-order valence-corrected chi connectivity index (χ4v) is 5.30. The van der Waals surface area contributed by atoms with Crippen LogP contribution in [-0.4, -0.2) is 69.3 Å². The minimum Gasteiger partial charge on any atom is -0.493 e. The Labute approximate surface area is 239 Å². The predicted molar refractivity (Wildman–Crippen MR) is 150 cm³/mol. The molecule has 3 heterocycles. The highest BCUT2D eigenvalue weighted by Gasteiger charge is 2.29. The lowest BCUT2D eigenvalue weighted by Crippen LogP contribution is -2.31. The minimum atomic E-state index is -4.04. The summed E-state index contributed by atoms with van der Waals surface area (Å²) in [6.45, 7) is -0.438. The van der Waals surface area contributed by atoms with E-state index in [1.807, 2.05) is 0 Å². The molecule has 0 radical (unpaired) electrons. The van der Waals surface area contributed by atoms with E-state index in [0.717, 1.165) is 19.2 Å². The molecule has 220 valence electrons. The summed E-state index contributed by atoms with van der Waals surface area (Å²) in [5, 5.41) is 4.21. The van der Waals surface area contributed by atoms with Crippen molar-refractivity contribution in [3.8, 4) is 17.2 Å². The fraction of sp³-hybridized carbons (Fsp3) is 0.231. The van der Waals surface area contributed by atoms with Gasteiger partial charge in [0.2, 0.25) is 0 Å². The summed E-state index contributed by atoms with van der Waals surface area (Å²) in [6.07, 6.45) is 6.95. The van der Waals surface area contributed by atoms with E-state index in [4.69, 9.17) is 9.47 Å². The third kappa shape index (κ3) is 4.83. The Bertz CT molecular complexity index is 1940. The second-order valence-electron chi connectivity index (χ2n) is 9.27. The van der Waals surface area contributed by atoms with Crippen molar-refractivity contribution < 1.29 is 26.7 Å². The second kappa shape index (κ2) is 10.9. The van der Waals surface area contributed by atoms with Gasteiger partial charge in [-0.2, -0.15) is 17.8 Å². The van der Waals surface area contributed by atoms with Crippen LogP contribution < -0.4 is 19.9 Å². The maximum atomic E-state index is 15.9. The van der Waals surface area contributed by atoms with Gasteiger partial charge in [-0.05, 0) is 18.2 Å². The monoisotopic (exact) mass is 600 g/mol. The van der Waals surface area contributed by atoms with Gasteiger partial charge in [-0.3, -0.25) is 14.0 Å². The van der Waals surface area contributed by atoms with Gasteiger partial charge in [0.15, 0.2) is 23.1 Å². The van der Waals surface area contributed by atoms with Gasteiger partial charge in [-0.15, -0.1) is 0 Å². The highest BCUT2D eigenvalue weighted by atomic mass is 32.2. The number of benzene rings is 2. The summed E-state index contributed by atoms with van der Waals surface area (Å²) in [7, 11) is 2.76. The Kier molecular flexibility index (Phi) is 7.42. The number of aryl methyl sites for hydroxylation is 1. The zero-order valence-electron chi connectivity index (χ0n) is 23.2. The number of anilines is 2. The molecule has 0 aliphatic heterocycles. The van der Waals surface area contributed by atoms with Gasteiger partial charge in [0.25, 0.3) is 5.56 Å². The van der Waals surface area contributed by atoms with E-state index in [1.54, 1.807) is 13.2 Å². The molecular weight excluding hydrogens is 574 g/mol. The summed E-state index contributed by atoms with van der Waals surface area (Å²) in [5.41, 5.74) is -0.154. The molecule has 0 atom stereocenters. The molecular formula is C26H26F2N8O5S. The van der Waals surface area contributed by atoms with Crippen molar-refractivity contribution in [3.63, 3.8) is 0 Å². The topological polar surface area (TPSA) is 130 Å². The Morgan fingerprint density at radius 2 is 1.71 bits per heavy atom. The summed E-state index contributed by atoms with van der Waals surface area (Å²) in [6, 6.07) is 5.49. The third-order valence-electron chi connectivity index (χ3n) is 6.53. The van der Waals surface area contributed by atoms with Crippen LogP contribution in [0.15, 0.2) is 60.2 Å². The van der Waals surface area contributed by atoms with Gasteiger partial charge in [0.1, 0.15) is 17.8 Å². The Balaban J connectivity index is 1.76. The van der Waals surface area contributed by atoms with Crippen LogP contribution in [0.2, 0.25) is 0 Å². The first-order valence-corrected chi connectivity index (χ1v) is 13.7. The van der Waals surface area contributed by atoms with Crippen LogP contribution in [0.4, 0.5) is 20.2 Å².